The fourth-order valence-corrected chi connectivity index (χ4v) is 5.51. The highest BCUT2D eigenvalue weighted by molar-refractivity contribution is 7.91. The lowest BCUT2D eigenvalue weighted by Gasteiger charge is -2.12. The second-order valence-electron chi connectivity index (χ2n) is 7.37. The summed E-state index contributed by atoms with van der Waals surface area (Å²) in [5.41, 5.74) is 3.62. The number of hydrogen-bond donors (Lipinski definition) is 1. The molecule has 8 nitrogen and oxygen atoms in total. The number of aromatic nitrogens is 4. The summed E-state index contributed by atoms with van der Waals surface area (Å²) in [4.78, 5) is 4.79. The minimum atomic E-state index is -3.91. The van der Waals surface area contributed by atoms with Gasteiger partial charge in [-0.25, -0.2) is 13.4 Å². The Morgan fingerprint density at radius 2 is 1.78 bits per heavy atom. The van der Waals surface area contributed by atoms with Gasteiger partial charge in [-0.2, -0.15) is 4.52 Å². The van der Waals surface area contributed by atoms with E-state index in [-0.39, 0.29) is 15.6 Å². The third-order valence-corrected chi connectivity index (χ3v) is 7.69. The van der Waals surface area contributed by atoms with E-state index in [9.17, 15) is 8.42 Å². The summed E-state index contributed by atoms with van der Waals surface area (Å²) in [6, 6.07) is 14.3. The van der Waals surface area contributed by atoms with Crippen LogP contribution in [0.2, 0.25) is 0 Å². The summed E-state index contributed by atoms with van der Waals surface area (Å²) in [6.45, 7) is 3.88. The average Bonchev–Trinajstić information content (AvgIpc) is 3.42. The number of methoxy groups -OCH3 is 1. The average molecular weight is 466 g/mol. The number of ether oxygens (including phenoxy) is 1. The molecule has 1 N–H and O–H groups in total. The van der Waals surface area contributed by atoms with E-state index < -0.39 is 9.84 Å². The van der Waals surface area contributed by atoms with E-state index in [0.717, 1.165) is 21.5 Å². The van der Waals surface area contributed by atoms with Gasteiger partial charge < -0.3 is 10.1 Å². The van der Waals surface area contributed by atoms with E-state index in [4.69, 9.17) is 4.74 Å². The molecule has 0 spiro atoms. The topological polar surface area (TPSA) is 98.5 Å². The third kappa shape index (κ3) is 3.28. The molecule has 10 heteroatoms. The van der Waals surface area contributed by atoms with Crippen LogP contribution >= 0.6 is 11.3 Å². The van der Waals surface area contributed by atoms with Crippen molar-refractivity contribution in [3.8, 4) is 5.75 Å². The van der Waals surface area contributed by atoms with Gasteiger partial charge in [0.05, 0.1) is 27.9 Å². The van der Waals surface area contributed by atoms with Gasteiger partial charge in [0.1, 0.15) is 5.75 Å². The second kappa shape index (κ2) is 7.57. The highest BCUT2D eigenvalue weighted by atomic mass is 32.2. The number of hydrogen-bond acceptors (Lipinski definition) is 8. The van der Waals surface area contributed by atoms with E-state index in [1.807, 2.05) is 43.5 Å². The molecular weight excluding hydrogens is 446 g/mol. The zero-order valence-electron chi connectivity index (χ0n) is 17.5. The highest BCUT2D eigenvalue weighted by Gasteiger charge is 2.27. The third-order valence-electron chi connectivity index (χ3n) is 5.12. The van der Waals surface area contributed by atoms with Gasteiger partial charge in [0, 0.05) is 0 Å². The van der Waals surface area contributed by atoms with E-state index in [1.54, 1.807) is 31.4 Å². The van der Waals surface area contributed by atoms with Crippen LogP contribution in [0.4, 0.5) is 11.5 Å². The summed E-state index contributed by atoms with van der Waals surface area (Å²) in [5, 5.41) is 13.1. The molecule has 0 saturated heterocycles. The number of thiophene rings is 1. The first-order chi connectivity index (χ1) is 15.4. The summed E-state index contributed by atoms with van der Waals surface area (Å²) >= 11 is 1.48. The summed E-state index contributed by atoms with van der Waals surface area (Å²) in [7, 11) is -2.31. The Labute approximate surface area is 188 Å². The Balaban J connectivity index is 1.71. The van der Waals surface area contributed by atoms with Gasteiger partial charge in [-0.1, -0.05) is 29.0 Å². The van der Waals surface area contributed by atoms with Crippen LogP contribution in [-0.4, -0.2) is 35.3 Å². The van der Waals surface area contributed by atoms with E-state index in [2.05, 4.69) is 20.6 Å². The van der Waals surface area contributed by atoms with E-state index in [0.29, 0.717) is 17.1 Å². The smallest absolute Gasteiger partial charge is 0.229 e. The second-order valence-corrected chi connectivity index (χ2v) is 10.2. The molecule has 0 fully saturated rings. The predicted molar refractivity (Wildman–Crippen MR) is 124 cm³/mol. The molecule has 0 bridgehead atoms. The number of sulfone groups is 1. The molecule has 3 aromatic heterocycles. The summed E-state index contributed by atoms with van der Waals surface area (Å²) in [5.74, 6) is 1.16. The molecule has 5 aromatic rings. The molecule has 0 saturated carbocycles. The quantitative estimate of drug-likeness (QED) is 0.407. The number of fused-ring (bicyclic) bond motifs is 3. The van der Waals surface area contributed by atoms with Gasteiger partial charge in [-0.3, -0.25) is 0 Å². The van der Waals surface area contributed by atoms with Crippen molar-refractivity contribution in [1.29, 1.82) is 0 Å². The minimum absolute atomic E-state index is 0.146. The van der Waals surface area contributed by atoms with Crippen LogP contribution in [-0.2, 0) is 9.84 Å². The van der Waals surface area contributed by atoms with Gasteiger partial charge in [-0.15, -0.1) is 16.4 Å². The lowest BCUT2D eigenvalue weighted by atomic mass is 10.2. The van der Waals surface area contributed by atoms with Crippen LogP contribution in [0.1, 0.15) is 11.1 Å². The largest absolute Gasteiger partial charge is 0.495 e. The molecule has 0 atom stereocenters. The Kier molecular flexibility index (Phi) is 4.83. The zero-order valence-corrected chi connectivity index (χ0v) is 19.2. The maximum Gasteiger partial charge on any atom is 0.229 e. The first-order valence-corrected chi connectivity index (χ1v) is 12.1. The number of anilines is 2. The van der Waals surface area contributed by atoms with Gasteiger partial charge >= 0.3 is 0 Å². The fraction of sp³-hybridized carbons (Fsp3) is 0.136. The Hall–Kier alpha value is -3.50. The lowest BCUT2D eigenvalue weighted by molar-refractivity contribution is 0.416. The normalized spacial score (nSPS) is 11.8. The zero-order chi connectivity index (χ0) is 22.5. The van der Waals surface area contributed by atoms with Crippen LogP contribution in [0.25, 0.3) is 15.9 Å². The minimum Gasteiger partial charge on any atom is -0.495 e. The molecule has 162 valence electrons. The fourth-order valence-electron chi connectivity index (χ4n) is 3.46. The molecule has 0 unspecified atom stereocenters. The Morgan fingerprint density at radius 3 is 2.53 bits per heavy atom. The number of benzene rings is 2. The Morgan fingerprint density at radius 1 is 1.03 bits per heavy atom. The van der Waals surface area contributed by atoms with Crippen molar-refractivity contribution in [3.63, 3.8) is 0 Å². The standard InChI is InChI=1S/C22H19N5O3S2/c1-13-4-7-15(8-5-13)32(28,29)22-21-24-20(19-17(10-11-31-19)27(21)26-25-22)23-16-12-14(2)6-9-18(16)30-3/h4-12H,1-3H3,(H,23,24). The van der Waals surface area contributed by atoms with Crippen molar-refractivity contribution in [3.05, 3.63) is 65.0 Å². The van der Waals surface area contributed by atoms with Crippen molar-refractivity contribution in [2.24, 2.45) is 0 Å². The lowest BCUT2D eigenvalue weighted by Crippen LogP contribution is -2.05. The van der Waals surface area contributed by atoms with Crippen LogP contribution in [0.15, 0.2) is 63.8 Å². The van der Waals surface area contributed by atoms with Gasteiger partial charge in [-0.05, 0) is 55.1 Å². The van der Waals surface area contributed by atoms with Crippen molar-refractivity contribution in [2.75, 3.05) is 12.4 Å². The van der Waals surface area contributed by atoms with Crippen LogP contribution < -0.4 is 10.1 Å². The van der Waals surface area contributed by atoms with E-state index >= 15 is 0 Å². The molecule has 0 aliphatic heterocycles. The van der Waals surface area contributed by atoms with Crippen LogP contribution in [0.3, 0.4) is 0 Å². The molecular formula is C22H19N5O3S2. The monoisotopic (exact) mass is 465 g/mol. The molecule has 0 aliphatic rings. The summed E-state index contributed by atoms with van der Waals surface area (Å²) in [6.07, 6.45) is 0. The summed E-state index contributed by atoms with van der Waals surface area (Å²) < 4.78 is 34.4. The van der Waals surface area contributed by atoms with Crippen molar-refractivity contribution < 1.29 is 13.2 Å². The maximum atomic E-state index is 13.3. The molecule has 0 radical (unpaired) electrons. The molecule has 0 aliphatic carbocycles. The highest BCUT2D eigenvalue weighted by Crippen LogP contribution is 2.35. The van der Waals surface area contributed by atoms with E-state index in [1.165, 1.54) is 15.9 Å². The first kappa shape index (κ1) is 20.4. The molecule has 3 heterocycles. The molecule has 0 amide bonds. The van der Waals surface area contributed by atoms with Crippen LogP contribution in [0, 0.1) is 13.8 Å². The molecule has 2 aromatic carbocycles. The van der Waals surface area contributed by atoms with Crippen molar-refractivity contribution in [1.82, 2.24) is 19.8 Å². The number of rotatable bonds is 5. The number of aryl methyl sites for hydroxylation is 2. The molecule has 32 heavy (non-hydrogen) atoms. The van der Waals surface area contributed by atoms with Gasteiger partial charge in [0.2, 0.25) is 14.9 Å². The first-order valence-electron chi connectivity index (χ1n) is 9.74. The number of nitrogens with one attached hydrogen (secondary N) is 1. The van der Waals surface area contributed by atoms with Gasteiger partial charge in [0.15, 0.2) is 11.5 Å². The van der Waals surface area contributed by atoms with Crippen molar-refractivity contribution in [2.45, 2.75) is 23.8 Å². The van der Waals surface area contributed by atoms with Gasteiger partial charge in [0.25, 0.3) is 0 Å². The van der Waals surface area contributed by atoms with Crippen LogP contribution in [0.5, 0.6) is 5.75 Å². The predicted octanol–water partition coefficient (Wildman–Crippen LogP) is 4.54. The molecule has 5 rings (SSSR count). The Bertz CT molecular complexity index is 1570. The van der Waals surface area contributed by atoms with Crippen molar-refractivity contribution >= 4 is 48.5 Å². The number of nitrogens with zero attached hydrogens (tertiary/aromatic N) is 4. The SMILES string of the molecule is COc1ccc(C)cc1Nc1nc2c(S(=O)(=O)c3ccc(C)cc3)nnn2c2ccsc12. The maximum absolute atomic E-state index is 13.3.